The van der Waals surface area contributed by atoms with Crippen molar-refractivity contribution in [2.45, 2.75) is 31.7 Å². The van der Waals surface area contributed by atoms with Crippen LogP contribution < -0.4 is 0 Å². The first-order chi connectivity index (χ1) is 7.56. The zero-order valence-electron chi connectivity index (χ0n) is 9.77. The number of hydrogen-bond donors (Lipinski definition) is 1. The normalized spacial score (nSPS) is 20.7. The van der Waals surface area contributed by atoms with E-state index in [1.165, 1.54) is 0 Å². The summed E-state index contributed by atoms with van der Waals surface area (Å²) in [5, 5.41) is 10.3. The third-order valence-corrected chi connectivity index (χ3v) is 2.86. The second-order valence-corrected chi connectivity index (χ2v) is 4.59. The molecule has 1 fully saturated rings. The van der Waals surface area contributed by atoms with Crippen molar-refractivity contribution in [3.05, 3.63) is 35.9 Å². The summed E-state index contributed by atoms with van der Waals surface area (Å²) in [7, 11) is 0. The summed E-state index contributed by atoms with van der Waals surface area (Å²) >= 11 is 0. The third-order valence-electron chi connectivity index (χ3n) is 2.86. The highest BCUT2D eigenvalue weighted by molar-refractivity contribution is 5.23. The molecular weight excluding hydrogens is 204 g/mol. The molecule has 0 radical (unpaired) electrons. The summed E-state index contributed by atoms with van der Waals surface area (Å²) in [4.78, 5) is 0. The average molecular weight is 222 g/mol. The molecule has 0 aliphatic carbocycles. The molecule has 0 spiro atoms. The Kier molecular flexibility index (Phi) is 3.02. The Morgan fingerprint density at radius 2 is 1.69 bits per heavy atom. The van der Waals surface area contributed by atoms with Gasteiger partial charge in [-0.15, -0.1) is 0 Å². The fourth-order valence-electron chi connectivity index (χ4n) is 2.06. The molecule has 2 rings (SSSR count). The van der Waals surface area contributed by atoms with Crippen LogP contribution in [-0.4, -0.2) is 23.9 Å². The van der Waals surface area contributed by atoms with Gasteiger partial charge in [0, 0.05) is 5.56 Å². The van der Waals surface area contributed by atoms with Crippen LogP contribution in [0.5, 0.6) is 0 Å². The van der Waals surface area contributed by atoms with Gasteiger partial charge in [0.05, 0.1) is 13.2 Å². The first-order valence-electron chi connectivity index (χ1n) is 5.62. The highest BCUT2D eigenvalue weighted by atomic mass is 16.7. The zero-order valence-corrected chi connectivity index (χ0v) is 9.77. The minimum atomic E-state index is -1.07. The van der Waals surface area contributed by atoms with E-state index in [1.54, 1.807) is 13.8 Å². The molecule has 88 valence electrons. The van der Waals surface area contributed by atoms with Crippen LogP contribution in [0.15, 0.2) is 30.3 Å². The molecule has 1 aliphatic rings. The SMILES string of the molecule is CC(C)(O)C1(c2ccccc2)OCCCO1. The van der Waals surface area contributed by atoms with Gasteiger partial charge >= 0.3 is 0 Å². The summed E-state index contributed by atoms with van der Waals surface area (Å²) in [6, 6.07) is 9.62. The molecule has 16 heavy (non-hydrogen) atoms. The van der Waals surface area contributed by atoms with E-state index in [1.807, 2.05) is 30.3 Å². The second kappa shape index (κ2) is 4.17. The van der Waals surface area contributed by atoms with Crippen LogP contribution in [0.2, 0.25) is 0 Å². The molecule has 1 saturated heterocycles. The van der Waals surface area contributed by atoms with Crippen molar-refractivity contribution >= 4 is 0 Å². The van der Waals surface area contributed by atoms with E-state index >= 15 is 0 Å². The van der Waals surface area contributed by atoms with Gasteiger partial charge in [-0.25, -0.2) is 0 Å². The molecule has 1 N–H and O–H groups in total. The van der Waals surface area contributed by atoms with Crippen molar-refractivity contribution < 1.29 is 14.6 Å². The number of benzene rings is 1. The third kappa shape index (κ3) is 1.86. The standard InChI is InChI=1S/C13H18O3/c1-12(2,14)13(15-9-6-10-16-13)11-7-4-3-5-8-11/h3-5,7-8,14H,6,9-10H2,1-2H3. The maximum absolute atomic E-state index is 10.3. The molecule has 1 aromatic carbocycles. The molecule has 1 aliphatic heterocycles. The fraction of sp³-hybridized carbons (Fsp3) is 0.538. The topological polar surface area (TPSA) is 38.7 Å². The van der Waals surface area contributed by atoms with Crippen LogP contribution >= 0.6 is 0 Å². The lowest BCUT2D eigenvalue weighted by Crippen LogP contribution is -2.53. The van der Waals surface area contributed by atoms with Crippen LogP contribution in [0, 0.1) is 0 Å². The van der Waals surface area contributed by atoms with Crippen molar-refractivity contribution in [3.63, 3.8) is 0 Å². The number of hydrogen-bond acceptors (Lipinski definition) is 3. The predicted octanol–water partition coefficient (Wildman–Crippen LogP) is 2.05. The Morgan fingerprint density at radius 1 is 1.12 bits per heavy atom. The lowest BCUT2D eigenvalue weighted by Gasteiger charge is -2.45. The van der Waals surface area contributed by atoms with E-state index in [9.17, 15) is 5.11 Å². The van der Waals surface area contributed by atoms with E-state index in [4.69, 9.17) is 9.47 Å². The van der Waals surface area contributed by atoms with Crippen LogP contribution in [0.3, 0.4) is 0 Å². The Morgan fingerprint density at radius 3 is 2.19 bits per heavy atom. The molecule has 0 saturated carbocycles. The molecule has 1 heterocycles. The van der Waals surface area contributed by atoms with E-state index < -0.39 is 11.4 Å². The summed E-state index contributed by atoms with van der Waals surface area (Å²) in [5.74, 6) is -1.04. The van der Waals surface area contributed by atoms with Crippen molar-refractivity contribution in [2.24, 2.45) is 0 Å². The Hall–Kier alpha value is -0.900. The fourth-order valence-corrected chi connectivity index (χ4v) is 2.06. The van der Waals surface area contributed by atoms with E-state index in [0.717, 1.165) is 12.0 Å². The first kappa shape index (κ1) is 11.6. The number of aliphatic hydroxyl groups is 1. The molecule has 0 atom stereocenters. The van der Waals surface area contributed by atoms with Gasteiger partial charge in [-0.2, -0.15) is 0 Å². The minimum absolute atomic E-state index is 0.610. The Bertz CT molecular complexity index is 334. The van der Waals surface area contributed by atoms with Gasteiger partial charge in [-0.3, -0.25) is 0 Å². The predicted molar refractivity (Wildman–Crippen MR) is 60.9 cm³/mol. The first-order valence-corrected chi connectivity index (χ1v) is 5.62. The molecule has 0 aromatic heterocycles. The molecular formula is C13H18O3. The van der Waals surface area contributed by atoms with Gasteiger partial charge in [0.15, 0.2) is 0 Å². The quantitative estimate of drug-likeness (QED) is 0.832. The van der Waals surface area contributed by atoms with Gasteiger partial charge in [0.1, 0.15) is 5.60 Å². The van der Waals surface area contributed by atoms with Gasteiger partial charge < -0.3 is 14.6 Å². The average Bonchev–Trinajstić information content (AvgIpc) is 2.30. The van der Waals surface area contributed by atoms with E-state index in [0.29, 0.717) is 13.2 Å². The van der Waals surface area contributed by atoms with E-state index in [-0.39, 0.29) is 0 Å². The lowest BCUT2D eigenvalue weighted by molar-refractivity contribution is -0.344. The number of ether oxygens (including phenoxy) is 2. The van der Waals surface area contributed by atoms with Gasteiger partial charge in [0.25, 0.3) is 0 Å². The molecule has 3 nitrogen and oxygen atoms in total. The molecule has 0 amide bonds. The maximum Gasteiger partial charge on any atom is 0.224 e. The highest BCUT2D eigenvalue weighted by Crippen LogP contribution is 2.40. The Labute approximate surface area is 96.0 Å². The Balaban J connectivity index is 2.42. The van der Waals surface area contributed by atoms with Crippen LogP contribution in [0.25, 0.3) is 0 Å². The lowest BCUT2D eigenvalue weighted by atomic mass is 9.89. The van der Waals surface area contributed by atoms with Crippen LogP contribution in [0.4, 0.5) is 0 Å². The van der Waals surface area contributed by atoms with E-state index in [2.05, 4.69) is 0 Å². The minimum Gasteiger partial charge on any atom is -0.384 e. The smallest absolute Gasteiger partial charge is 0.224 e. The summed E-state index contributed by atoms with van der Waals surface area (Å²) in [5.41, 5.74) is -0.211. The van der Waals surface area contributed by atoms with Crippen molar-refractivity contribution in [1.29, 1.82) is 0 Å². The largest absolute Gasteiger partial charge is 0.384 e. The molecule has 3 heteroatoms. The van der Waals surface area contributed by atoms with Crippen molar-refractivity contribution in [3.8, 4) is 0 Å². The maximum atomic E-state index is 10.3. The monoisotopic (exact) mass is 222 g/mol. The summed E-state index contributed by atoms with van der Waals surface area (Å²) in [6.07, 6.45) is 0.866. The van der Waals surface area contributed by atoms with Gasteiger partial charge in [0.2, 0.25) is 5.79 Å². The second-order valence-electron chi connectivity index (χ2n) is 4.59. The van der Waals surface area contributed by atoms with Gasteiger partial charge in [-0.1, -0.05) is 30.3 Å². The zero-order chi connectivity index (χ0) is 11.6. The molecule has 0 unspecified atom stereocenters. The van der Waals surface area contributed by atoms with Gasteiger partial charge in [-0.05, 0) is 20.3 Å². The van der Waals surface area contributed by atoms with Crippen LogP contribution in [-0.2, 0) is 15.3 Å². The van der Waals surface area contributed by atoms with Crippen molar-refractivity contribution in [2.75, 3.05) is 13.2 Å². The highest BCUT2D eigenvalue weighted by Gasteiger charge is 2.49. The molecule has 0 bridgehead atoms. The summed E-state index contributed by atoms with van der Waals surface area (Å²) < 4.78 is 11.5. The molecule has 1 aromatic rings. The number of rotatable bonds is 2. The summed E-state index contributed by atoms with van der Waals surface area (Å²) in [6.45, 7) is 4.65. The van der Waals surface area contributed by atoms with Crippen molar-refractivity contribution in [1.82, 2.24) is 0 Å². The van der Waals surface area contributed by atoms with Crippen LogP contribution in [0.1, 0.15) is 25.8 Å².